The molecule has 0 aliphatic rings. The number of aromatic nitrogens is 4. The summed E-state index contributed by atoms with van der Waals surface area (Å²) in [5.74, 6) is -0.409. The van der Waals surface area contributed by atoms with Crippen LogP contribution in [0.3, 0.4) is 0 Å². The lowest BCUT2D eigenvalue weighted by atomic mass is 10.1. The third kappa shape index (κ3) is 2.65. The zero-order chi connectivity index (χ0) is 18.1. The first-order valence-electron chi connectivity index (χ1n) is 7.88. The molecule has 1 aromatic carbocycles. The van der Waals surface area contributed by atoms with E-state index in [0.717, 1.165) is 16.8 Å². The van der Waals surface area contributed by atoms with Gasteiger partial charge in [0.25, 0.3) is 5.56 Å². The van der Waals surface area contributed by atoms with Crippen molar-refractivity contribution in [3.63, 3.8) is 0 Å². The van der Waals surface area contributed by atoms with E-state index in [0.29, 0.717) is 16.9 Å². The van der Waals surface area contributed by atoms with Crippen LogP contribution >= 0.6 is 0 Å². The molecule has 0 spiro atoms. The number of carbonyl (C=O) groups excluding carboxylic acids is 1. The van der Waals surface area contributed by atoms with Crippen LogP contribution in [0.4, 0.5) is 0 Å². The molecule has 7 nitrogen and oxygen atoms in total. The van der Waals surface area contributed by atoms with Crippen LogP contribution < -0.4 is 5.56 Å². The average Bonchev–Trinajstić information content (AvgIpc) is 3.13. The van der Waals surface area contributed by atoms with E-state index >= 15 is 0 Å². The predicted molar refractivity (Wildman–Crippen MR) is 95.8 cm³/mol. The number of esters is 1. The van der Waals surface area contributed by atoms with Crippen molar-refractivity contribution in [1.82, 2.24) is 19.6 Å². The van der Waals surface area contributed by atoms with Gasteiger partial charge in [0, 0.05) is 12.3 Å². The van der Waals surface area contributed by atoms with Gasteiger partial charge in [0.2, 0.25) is 0 Å². The molecule has 0 saturated carbocycles. The van der Waals surface area contributed by atoms with Gasteiger partial charge < -0.3 is 9.72 Å². The minimum absolute atomic E-state index is 0.257. The van der Waals surface area contributed by atoms with Gasteiger partial charge in [0.15, 0.2) is 0 Å². The van der Waals surface area contributed by atoms with Crippen molar-refractivity contribution in [1.29, 1.82) is 0 Å². The van der Waals surface area contributed by atoms with Crippen molar-refractivity contribution in [2.24, 2.45) is 0 Å². The Morgan fingerprint density at radius 1 is 1.15 bits per heavy atom. The molecule has 0 atom stereocenters. The minimum atomic E-state index is -0.409. The van der Waals surface area contributed by atoms with Gasteiger partial charge in [-0.05, 0) is 29.8 Å². The predicted octanol–water partition coefficient (Wildman–Crippen LogP) is 2.54. The van der Waals surface area contributed by atoms with E-state index in [1.54, 1.807) is 36.7 Å². The lowest BCUT2D eigenvalue weighted by molar-refractivity contribution is 0.0601. The first kappa shape index (κ1) is 15.8. The van der Waals surface area contributed by atoms with E-state index in [4.69, 9.17) is 4.74 Å². The molecule has 0 radical (unpaired) electrons. The Labute approximate surface area is 147 Å². The minimum Gasteiger partial charge on any atom is -0.465 e. The SMILES string of the molecule is COC(=O)c1ccc(-c2cc(=O)n3ncc(-c4ccccn4)c3[nH]2)cc1. The summed E-state index contributed by atoms with van der Waals surface area (Å²) in [6.07, 6.45) is 3.30. The molecular formula is C19H14N4O3. The van der Waals surface area contributed by atoms with Crippen LogP contribution in [0.2, 0.25) is 0 Å². The Hall–Kier alpha value is -3.74. The van der Waals surface area contributed by atoms with Gasteiger partial charge in [0.05, 0.1) is 35.8 Å². The molecule has 0 bridgehead atoms. The van der Waals surface area contributed by atoms with Gasteiger partial charge in [0.1, 0.15) is 5.65 Å². The molecular weight excluding hydrogens is 332 g/mol. The van der Waals surface area contributed by atoms with Gasteiger partial charge in [-0.1, -0.05) is 18.2 Å². The number of pyridine rings is 1. The van der Waals surface area contributed by atoms with Crippen molar-refractivity contribution in [2.45, 2.75) is 0 Å². The van der Waals surface area contributed by atoms with Gasteiger partial charge in [-0.3, -0.25) is 9.78 Å². The number of nitrogens with one attached hydrogen (secondary N) is 1. The molecule has 0 aliphatic heterocycles. The van der Waals surface area contributed by atoms with Gasteiger partial charge >= 0.3 is 5.97 Å². The number of benzene rings is 1. The Morgan fingerprint density at radius 3 is 2.65 bits per heavy atom. The number of methoxy groups -OCH3 is 1. The molecule has 0 saturated heterocycles. The summed E-state index contributed by atoms with van der Waals surface area (Å²) in [6.45, 7) is 0. The fourth-order valence-corrected chi connectivity index (χ4v) is 2.75. The number of aromatic amines is 1. The van der Waals surface area contributed by atoms with Crippen LogP contribution in [-0.2, 0) is 4.74 Å². The zero-order valence-electron chi connectivity index (χ0n) is 13.8. The highest BCUT2D eigenvalue weighted by molar-refractivity contribution is 5.90. The van der Waals surface area contributed by atoms with E-state index in [1.165, 1.54) is 17.7 Å². The molecule has 128 valence electrons. The third-order valence-electron chi connectivity index (χ3n) is 4.06. The van der Waals surface area contributed by atoms with Crippen LogP contribution in [-0.4, -0.2) is 32.7 Å². The maximum Gasteiger partial charge on any atom is 0.337 e. The summed E-state index contributed by atoms with van der Waals surface area (Å²) in [4.78, 5) is 31.5. The monoisotopic (exact) mass is 346 g/mol. The van der Waals surface area contributed by atoms with E-state index in [-0.39, 0.29) is 5.56 Å². The number of hydrogen-bond donors (Lipinski definition) is 1. The fraction of sp³-hybridized carbons (Fsp3) is 0.0526. The molecule has 1 N–H and O–H groups in total. The Bertz CT molecular complexity index is 1150. The number of H-pyrrole nitrogens is 1. The second kappa shape index (κ2) is 6.29. The van der Waals surface area contributed by atoms with Crippen LogP contribution in [0.1, 0.15) is 10.4 Å². The number of nitrogens with zero attached hydrogens (tertiary/aromatic N) is 3. The summed E-state index contributed by atoms with van der Waals surface area (Å²) < 4.78 is 6.00. The second-order valence-electron chi connectivity index (χ2n) is 5.62. The molecule has 4 aromatic rings. The van der Waals surface area contributed by atoms with Crippen molar-refractivity contribution >= 4 is 11.6 Å². The lowest BCUT2D eigenvalue weighted by Crippen LogP contribution is -2.14. The molecule has 3 aromatic heterocycles. The molecule has 4 rings (SSSR count). The lowest BCUT2D eigenvalue weighted by Gasteiger charge is -2.05. The largest absolute Gasteiger partial charge is 0.465 e. The smallest absolute Gasteiger partial charge is 0.337 e. The molecule has 3 heterocycles. The number of fused-ring (bicyclic) bond motifs is 1. The third-order valence-corrected chi connectivity index (χ3v) is 4.06. The molecule has 0 fully saturated rings. The van der Waals surface area contributed by atoms with Crippen LogP contribution in [0.25, 0.3) is 28.2 Å². The highest BCUT2D eigenvalue weighted by Crippen LogP contribution is 2.23. The van der Waals surface area contributed by atoms with Gasteiger partial charge in [-0.15, -0.1) is 0 Å². The number of hydrogen-bond acceptors (Lipinski definition) is 5. The van der Waals surface area contributed by atoms with Crippen molar-refractivity contribution in [3.8, 4) is 22.5 Å². The molecule has 0 amide bonds. The van der Waals surface area contributed by atoms with Crippen molar-refractivity contribution in [3.05, 3.63) is 76.8 Å². The first-order valence-corrected chi connectivity index (χ1v) is 7.88. The maximum atomic E-state index is 12.4. The van der Waals surface area contributed by atoms with Crippen LogP contribution in [0.15, 0.2) is 65.7 Å². The second-order valence-corrected chi connectivity index (χ2v) is 5.62. The Balaban J connectivity index is 1.84. The van der Waals surface area contributed by atoms with E-state index in [1.807, 2.05) is 18.2 Å². The normalized spacial score (nSPS) is 10.8. The number of ether oxygens (including phenoxy) is 1. The van der Waals surface area contributed by atoms with E-state index in [2.05, 4.69) is 15.1 Å². The quantitative estimate of drug-likeness (QED) is 0.576. The van der Waals surface area contributed by atoms with E-state index < -0.39 is 5.97 Å². The molecule has 0 aliphatic carbocycles. The standard InChI is InChI=1S/C19H14N4O3/c1-26-19(25)13-7-5-12(6-8-13)16-10-17(24)23-18(22-16)14(11-21-23)15-4-2-3-9-20-15/h2-11,22H,1H3. The van der Waals surface area contributed by atoms with Gasteiger partial charge in [-0.2, -0.15) is 9.61 Å². The molecule has 7 heteroatoms. The topological polar surface area (TPSA) is 89.3 Å². The highest BCUT2D eigenvalue weighted by atomic mass is 16.5. The van der Waals surface area contributed by atoms with Crippen LogP contribution in [0.5, 0.6) is 0 Å². The van der Waals surface area contributed by atoms with Gasteiger partial charge in [-0.25, -0.2) is 4.79 Å². The first-order chi connectivity index (χ1) is 12.7. The Morgan fingerprint density at radius 2 is 1.96 bits per heavy atom. The summed E-state index contributed by atoms with van der Waals surface area (Å²) in [6, 6.07) is 13.8. The number of carbonyl (C=O) groups is 1. The molecule has 26 heavy (non-hydrogen) atoms. The van der Waals surface area contributed by atoms with Crippen LogP contribution in [0, 0.1) is 0 Å². The molecule has 0 unspecified atom stereocenters. The van der Waals surface area contributed by atoms with Crippen molar-refractivity contribution in [2.75, 3.05) is 7.11 Å². The zero-order valence-corrected chi connectivity index (χ0v) is 13.8. The highest BCUT2D eigenvalue weighted by Gasteiger charge is 2.12. The summed E-state index contributed by atoms with van der Waals surface area (Å²) >= 11 is 0. The fourth-order valence-electron chi connectivity index (χ4n) is 2.75. The number of rotatable bonds is 3. The Kier molecular flexibility index (Phi) is 3.81. The summed E-state index contributed by atoms with van der Waals surface area (Å²) in [5.41, 5.74) is 3.59. The van der Waals surface area contributed by atoms with E-state index in [9.17, 15) is 9.59 Å². The maximum absolute atomic E-state index is 12.4. The van der Waals surface area contributed by atoms with Crippen molar-refractivity contribution < 1.29 is 9.53 Å². The summed E-state index contributed by atoms with van der Waals surface area (Å²) in [5, 5.41) is 4.15. The average molecular weight is 346 g/mol. The summed E-state index contributed by atoms with van der Waals surface area (Å²) in [7, 11) is 1.33.